The normalized spacial score (nSPS) is 15.8. The Bertz CT molecular complexity index is 871. The van der Waals surface area contributed by atoms with Crippen molar-refractivity contribution >= 4 is 31.9 Å². The highest BCUT2D eigenvalue weighted by atomic mass is 79.9. The zero-order valence-corrected chi connectivity index (χ0v) is 16.5. The molecule has 0 radical (unpaired) electrons. The molecule has 26 heavy (non-hydrogen) atoms. The van der Waals surface area contributed by atoms with Gasteiger partial charge in [-0.2, -0.15) is 0 Å². The number of sulfonamides is 1. The van der Waals surface area contributed by atoms with Crippen LogP contribution in [-0.4, -0.2) is 45.5 Å². The van der Waals surface area contributed by atoms with E-state index >= 15 is 0 Å². The van der Waals surface area contributed by atoms with Gasteiger partial charge in [-0.3, -0.25) is 4.79 Å². The molecule has 140 valence electrons. The van der Waals surface area contributed by atoms with Crippen molar-refractivity contribution in [2.45, 2.75) is 23.8 Å². The van der Waals surface area contributed by atoms with E-state index in [0.29, 0.717) is 36.4 Å². The number of amides is 1. The molecule has 0 bridgehead atoms. The fourth-order valence-corrected chi connectivity index (χ4v) is 4.44. The molecule has 0 spiro atoms. The number of ether oxygens (including phenoxy) is 1. The molecule has 0 saturated carbocycles. The number of nitrogens with one attached hydrogen (secondary N) is 1. The molecule has 1 amide bonds. The maximum absolute atomic E-state index is 12.5. The molecule has 1 N–H and O–H groups in total. The van der Waals surface area contributed by atoms with Gasteiger partial charge in [0, 0.05) is 19.1 Å². The van der Waals surface area contributed by atoms with Gasteiger partial charge in [0.15, 0.2) is 10.4 Å². The molecule has 1 fully saturated rings. The molecule has 1 saturated heterocycles. The summed E-state index contributed by atoms with van der Waals surface area (Å²) in [6.07, 6.45) is 1.09. The molecule has 7 nitrogen and oxygen atoms in total. The lowest BCUT2D eigenvalue weighted by Crippen LogP contribution is -2.46. The number of rotatable bonds is 5. The Labute approximate surface area is 160 Å². The molecule has 2 aromatic rings. The van der Waals surface area contributed by atoms with Crippen LogP contribution in [-0.2, 0) is 10.0 Å². The van der Waals surface area contributed by atoms with Crippen molar-refractivity contribution in [3.8, 4) is 5.75 Å². The fourth-order valence-electron chi connectivity index (χ4n) is 2.83. The Morgan fingerprint density at radius 2 is 1.85 bits per heavy atom. The van der Waals surface area contributed by atoms with Crippen LogP contribution in [0.5, 0.6) is 5.75 Å². The number of benzene rings is 1. The van der Waals surface area contributed by atoms with E-state index in [1.165, 1.54) is 19.2 Å². The molecule has 0 unspecified atom stereocenters. The maximum Gasteiger partial charge on any atom is 0.289 e. The Morgan fingerprint density at radius 3 is 2.38 bits per heavy atom. The molecular weight excluding hydrogens is 424 g/mol. The first-order valence-electron chi connectivity index (χ1n) is 8.10. The first-order valence-corrected chi connectivity index (χ1v) is 10.4. The topological polar surface area (TPSA) is 88.9 Å². The van der Waals surface area contributed by atoms with Crippen LogP contribution >= 0.6 is 15.9 Å². The summed E-state index contributed by atoms with van der Waals surface area (Å²) in [6, 6.07) is 9.31. The average molecular weight is 443 g/mol. The van der Waals surface area contributed by atoms with E-state index in [0.717, 1.165) is 0 Å². The molecule has 0 atom stereocenters. The third-order valence-corrected chi connectivity index (χ3v) is 6.22. The van der Waals surface area contributed by atoms with Gasteiger partial charge < -0.3 is 14.1 Å². The van der Waals surface area contributed by atoms with Gasteiger partial charge in [-0.1, -0.05) is 0 Å². The van der Waals surface area contributed by atoms with Gasteiger partial charge >= 0.3 is 0 Å². The number of halogens is 1. The Kier molecular flexibility index (Phi) is 5.69. The van der Waals surface area contributed by atoms with E-state index in [2.05, 4.69) is 20.7 Å². The van der Waals surface area contributed by atoms with E-state index < -0.39 is 10.0 Å². The van der Waals surface area contributed by atoms with Gasteiger partial charge in [-0.15, -0.1) is 0 Å². The van der Waals surface area contributed by atoms with Gasteiger partial charge in [0.25, 0.3) is 5.91 Å². The minimum Gasteiger partial charge on any atom is -0.497 e. The van der Waals surface area contributed by atoms with Crippen LogP contribution in [0, 0.1) is 0 Å². The highest BCUT2D eigenvalue weighted by molar-refractivity contribution is 9.10. The molecule has 1 aromatic heterocycles. The molecule has 2 heterocycles. The predicted molar refractivity (Wildman–Crippen MR) is 98.6 cm³/mol. The highest BCUT2D eigenvalue weighted by Crippen LogP contribution is 2.20. The third-order valence-electron chi connectivity index (χ3n) is 4.26. The first kappa shape index (κ1) is 18.9. The molecule has 1 aromatic carbocycles. The lowest BCUT2D eigenvalue weighted by atomic mass is 10.1. The van der Waals surface area contributed by atoms with Crippen molar-refractivity contribution in [1.82, 2.24) is 9.62 Å². The maximum atomic E-state index is 12.5. The molecule has 0 aliphatic carbocycles. The first-order chi connectivity index (χ1) is 12.4. The number of nitrogens with zero attached hydrogens (tertiary/aromatic N) is 1. The molecule has 1 aliphatic heterocycles. The summed E-state index contributed by atoms with van der Waals surface area (Å²) in [4.78, 5) is 14.2. The van der Waals surface area contributed by atoms with Gasteiger partial charge in [0.1, 0.15) is 5.75 Å². The molecule has 3 rings (SSSR count). The van der Waals surface area contributed by atoms with E-state index in [4.69, 9.17) is 9.15 Å². The van der Waals surface area contributed by atoms with Crippen LogP contribution in [0.2, 0.25) is 0 Å². The molecular formula is C17H19BrN2O5S. The summed E-state index contributed by atoms with van der Waals surface area (Å²) in [5, 5.41) is 0. The lowest BCUT2D eigenvalue weighted by Gasteiger charge is -2.31. The summed E-state index contributed by atoms with van der Waals surface area (Å²) in [5.74, 6) is 0.682. The van der Waals surface area contributed by atoms with E-state index in [9.17, 15) is 13.2 Å². The van der Waals surface area contributed by atoms with Crippen LogP contribution in [0.1, 0.15) is 23.4 Å². The van der Waals surface area contributed by atoms with Crippen LogP contribution in [0.25, 0.3) is 0 Å². The number of carbonyl (C=O) groups excluding carboxylic acids is 1. The highest BCUT2D eigenvalue weighted by Gasteiger charge is 2.28. The van der Waals surface area contributed by atoms with Crippen molar-refractivity contribution in [2.75, 3.05) is 20.2 Å². The Morgan fingerprint density at radius 1 is 1.19 bits per heavy atom. The zero-order chi connectivity index (χ0) is 18.7. The number of hydrogen-bond donors (Lipinski definition) is 1. The largest absolute Gasteiger partial charge is 0.497 e. The molecule has 1 aliphatic rings. The van der Waals surface area contributed by atoms with Crippen molar-refractivity contribution in [2.24, 2.45) is 0 Å². The van der Waals surface area contributed by atoms with Gasteiger partial charge in [0.05, 0.1) is 12.0 Å². The number of likely N-dealkylation sites (tertiary alicyclic amines) is 1. The second-order valence-electron chi connectivity index (χ2n) is 5.97. The number of furan rings is 1. The van der Waals surface area contributed by atoms with E-state index in [1.807, 2.05) is 0 Å². The van der Waals surface area contributed by atoms with Crippen molar-refractivity contribution < 1.29 is 22.4 Å². The van der Waals surface area contributed by atoms with Crippen molar-refractivity contribution in [1.29, 1.82) is 0 Å². The minimum absolute atomic E-state index is 0.188. The van der Waals surface area contributed by atoms with Crippen LogP contribution < -0.4 is 9.46 Å². The summed E-state index contributed by atoms with van der Waals surface area (Å²) >= 11 is 3.18. The predicted octanol–water partition coefficient (Wildman–Crippen LogP) is 2.63. The van der Waals surface area contributed by atoms with E-state index in [-0.39, 0.29) is 22.6 Å². The third kappa shape index (κ3) is 4.28. The van der Waals surface area contributed by atoms with Crippen molar-refractivity contribution in [3.63, 3.8) is 0 Å². The SMILES string of the molecule is COc1ccc(S(=O)(=O)NC2CCN(C(=O)c3ccc(Br)o3)CC2)cc1. The fraction of sp³-hybridized carbons (Fsp3) is 0.353. The van der Waals surface area contributed by atoms with Crippen LogP contribution in [0.4, 0.5) is 0 Å². The zero-order valence-electron chi connectivity index (χ0n) is 14.1. The van der Waals surface area contributed by atoms with Gasteiger partial charge in [0.2, 0.25) is 10.0 Å². The Balaban J connectivity index is 1.58. The van der Waals surface area contributed by atoms with Crippen LogP contribution in [0.15, 0.2) is 50.4 Å². The standard InChI is InChI=1S/C17H19BrN2O5S/c1-24-13-2-4-14(5-3-13)26(22,23)19-12-8-10-20(11-9-12)17(21)15-6-7-16(18)25-15/h2-7,12,19H,8-11H2,1H3. The second-order valence-corrected chi connectivity index (χ2v) is 8.46. The summed E-state index contributed by atoms with van der Waals surface area (Å²) in [6.45, 7) is 0.930. The number of carbonyl (C=O) groups is 1. The quantitative estimate of drug-likeness (QED) is 0.768. The van der Waals surface area contributed by atoms with Crippen LogP contribution in [0.3, 0.4) is 0 Å². The van der Waals surface area contributed by atoms with Gasteiger partial charge in [-0.05, 0) is 65.2 Å². The summed E-state index contributed by atoms with van der Waals surface area (Å²) in [7, 11) is -2.08. The summed E-state index contributed by atoms with van der Waals surface area (Å²) in [5.41, 5.74) is 0. The Hall–Kier alpha value is -1.84. The molecule has 9 heteroatoms. The van der Waals surface area contributed by atoms with E-state index in [1.54, 1.807) is 29.2 Å². The van der Waals surface area contributed by atoms with Gasteiger partial charge in [-0.25, -0.2) is 13.1 Å². The number of methoxy groups -OCH3 is 1. The lowest BCUT2D eigenvalue weighted by molar-refractivity contribution is 0.0677. The summed E-state index contributed by atoms with van der Waals surface area (Å²) < 4.78 is 38.5. The second kappa shape index (κ2) is 7.81. The number of hydrogen-bond acceptors (Lipinski definition) is 5. The number of piperidine rings is 1. The van der Waals surface area contributed by atoms with Crippen molar-refractivity contribution in [3.05, 3.63) is 46.8 Å². The minimum atomic E-state index is -3.61. The monoisotopic (exact) mass is 442 g/mol. The average Bonchev–Trinajstić information content (AvgIpc) is 3.08. The smallest absolute Gasteiger partial charge is 0.289 e.